The molecule has 3 aliphatic carbocycles. The van der Waals surface area contributed by atoms with Crippen LogP contribution in [0.4, 0.5) is 0 Å². The predicted molar refractivity (Wildman–Crippen MR) is 101 cm³/mol. The minimum atomic E-state index is 0.505. The summed E-state index contributed by atoms with van der Waals surface area (Å²) in [6, 6.07) is 9.04. The summed E-state index contributed by atoms with van der Waals surface area (Å²) < 4.78 is 0. The summed E-state index contributed by atoms with van der Waals surface area (Å²) in [6.07, 6.45) is 14.2. The Morgan fingerprint density at radius 3 is 2.88 bits per heavy atom. The van der Waals surface area contributed by atoms with Crippen molar-refractivity contribution in [3.63, 3.8) is 0 Å². The van der Waals surface area contributed by atoms with E-state index in [1.807, 2.05) is 0 Å². The Balaban J connectivity index is 1.67. The molecule has 24 heavy (non-hydrogen) atoms. The van der Waals surface area contributed by atoms with Gasteiger partial charge in [-0.3, -0.25) is 0 Å². The Bertz CT molecular complexity index is 956. The molecule has 2 aromatic rings. The third kappa shape index (κ3) is 1.62. The van der Waals surface area contributed by atoms with Gasteiger partial charge in [0.15, 0.2) is 0 Å². The monoisotopic (exact) mass is 329 g/mol. The topological polar surface area (TPSA) is 15.8 Å². The van der Waals surface area contributed by atoms with E-state index in [1.165, 1.54) is 53.1 Å². The molecule has 0 bridgehead atoms. The van der Waals surface area contributed by atoms with Crippen LogP contribution in [-0.2, 0) is 6.42 Å². The highest BCUT2D eigenvalue weighted by atomic mass is 32.2. The Morgan fingerprint density at radius 1 is 1.00 bits per heavy atom. The van der Waals surface area contributed by atoms with E-state index in [0.717, 1.165) is 0 Å². The van der Waals surface area contributed by atoms with Gasteiger partial charge in [0, 0.05) is 33.0 Å². The Hall–Kier alpha value is -1.93. The minimum Gasteiger partial charge on any atom is -0.358 e. The maximum Gasteiger partial charge on any atom is 0.0437 e. The maximum atomic E-state index is 3.83. The second-order valence-electron chi connectivity index (χ2n) is 7.18. The van der Waals surface area contributed by atoms with Crippen molar-refractivity contribution in [2.75, 3.05) is 0 Å². The normalized spacial score (nSPS) is 25.8. The highest BCUT2D eigenvalue weighted by Gasteiger charge is 2.44. The molecule has 2 atom stereocenters. The van der Waals surface area contributed by atoms with Crippen molar-refractivity contribution in [1.29, 1.82) is 0 Å². The molecule has 1 N–H and O–H groups in total. The highest BCUT2D eigenvalue weighted by molar-refractivity contribution is 8.00. The van der Waals surface area contributed by atoms with Gasteiger partial charge >= 0.3 is 0 Å². The van der Waals surface area contributed by atoms with Gasteiger partial charge in [-0.25, -0.2) is 0 Å². The standard InChI is InChI=1S/C22H19NS/c1-2-8-14-13(7-1)19-15-9-3-5-11-17(15)23-21(19)20-16-10-4-6-12-18(16)24-22(14)20/h1,4-7,10-12,20,22-23H,2-3,8-9H2. The second-order valence-corrected chi connectivity index (χ2v) is 8.36. The smallest absolute Gasteiger partial charge is 0.0437 e. The average Bonchev–Trinajstić information content (AvgIpc) is 3.20. The number of fused-ring (bicyclic) bond motifs is 9. The summed E-state index contributed by atoms with van der Waals surface area (Å²) in [5.41, 5.74) is 10.7. The molecule has 1 aromatic heterocycles. The SMILES string of the molecule is C1=CC2=C(CC1)C1Sc3ccccc3C1c1[nH]c3c(c12)CCC=C3. The fraction of sp³-hybridized carbons (Fsp3) is 0.273. The predicted octanol–water partition coefficient (Wildman–Crippen LogP) is 5.70. The number of hydrogen-bond donors (Lipinski definition) is 1. The van der Waals surface area contributed by atoms with Crippen molar-refractivity contribution >= 4 is 23.4 Å². The number of nitrogens with one attached hydrogen (secondary N) is 1. The van der Waals surface area contributed by atoms with Crippen LogP contribution in [0.1, 0.15) is 53.3 Å². The first-order valence-corrected chi connectivity index (χ1v) is 9.86. The van der Waals surface area contributed by atoms with Crippen LogP contribution in [0.2, 0.25) is 0 Å². The third-order valence-electron chi connectivity index (χ3n) is 5.96. The van der Waals surface area contributed by atoms with E-state index >= 15 is 0 Å². The summed E-state index contributed by atoms with van der Waals surface area (Å²) in [7, 11) is 0. The van der Waals surface area contributed by atoms with Crippen molar-refractivity contribution in [2.45, 2.75) is 41.7 Å². The van der Waals surface area contributed by atoms with Gasteiger partial charge < -0.3 is 4.98 Å². The van der Waals surface area contributed by atoms with Crippen LogP contribution in [0.5, 0.6) is 0 Å². The van der Waals surface area contributed by atoms with E-state index in [2.05, 4.69) is 65.3 Å². The van der Waals surface area contributed by atoms with Crippen LogP contribution >= 0.6 is 11.8 Å². The molecular weight excluding hydrogens is 310 g/mol. The summed E-state index contributed by atoms with van der Waals surface area (Å²) in [4.78, 5) is 5.31. The summed E-state index contributed by atoms with van der Waals surface area (Å²) >= 11 is 2.09. The summed E-state index contributed by atoms with van der Waals surface area (Å²) in [5, 5.41) is 0.582. The lowest BCUT2D eigenvalue weighted by molar-refractivity contribution is 0.745. The average molecular weight is 329 g/mol. The van der Waals surface area contributed by atoms with Crippen LogP contribution in [0.25, 0.3) is 11.6 Å². The largest absolute Gasteiger partial charge is 0.358 e. The van der Waals surface area contributed by atoms with Crippen molar-refractivity contribution in [3.05, 3.63) is 76.1 Å². The summed E-state index contributed by atoms with van der Waals surface area (Å²) in [6.45, 7) is 0. The molecule has 1 aliphatic heterocycles. The lowest BCUT2D eigenvalue weighted by Gasteiger charge is -2.32. The van der Waals surface area contributed by atoms with E-state index in [9.17, 15) is 0 Å². The van der Waals surface area contributed by atoms with E-state index in [4.69, 9.17) is 0 Å². The molecule has 118 valence electrons. The van der Waals surface area contributed by atoms with E-state index in [-0.39, 0.29) is 0 Å². The number of allylic oxidation sites excluding steroid dienone is 4. The number of hydrogen-bond acceptors (Lipinski definition) is 1. The number of benzene rings is 1. The summed E-state index contributed by atoms with van der Waals surface area (Å²) in [5.74, 6) is 0.505. The minimum absolute atomic E-state index is 0.505. The van der Waals surface area contributed by atoms with Crippen LogP contribution in [-0.4, -0.2) is 10.2 Å². The number of H-pyrrole nitrogens is 1. The quantitative estimate of drug-likeness (QED) is 0.656. The number of aromatic nitrogens is 1. The first-order chi connectivity index (χ1) is 11.9. The van der Waals surface area contributed by atoms with Gasteiger partial charge in [0.1, 0.15) is 0 Å². The van der Waals surface area contributed by atoms with Gasteiger partial charge in [0.05, 0.1) is 0 Å². The molecule has 0 spiro atoms. The molecule has 1 aromatic carbocycles. The van der Waals surface area contributed by atoms with Crippen molar-refractivity contribution in [1.82, 2.24) is 4.98 Å². The van der Waals surface area contributed by atoms with Gasteiger partial charge in [0.2, 0.25) is 0 Å². The molecule has 0 saturated carbocycles. The lowest BCUT2D eigenvalue weighted by Crippen LogP contribution is -2.23. The Morgan fingerprint density at radius 2 is 1.88 bits per heavy atom. The fourth-order valence-corrected chi connectivity index (χ4v) is 6.53. The van der Waals surface area contributed by atoms with Crippen LogP contribution in [0.3, 0.4) is 0 Å². The molecule has 2 heterocycles. The lowest BCUT2D eigenvalue weighted by atomic mass is 9.74. The second kappa shape index (κ2) is 4.80. The first kappa shape index (κ1) is 13.4. The molecule has 0 radical (unpaired) electrons. The van der Waals surface area contributed by atoms with Gasteiger partial charge in [-0.2, -0.15) is 0 Å². The van der Waals surface area contributed by atoms with Gasteiger partial charge in [0.25, 0.3) is 0 Å². The molecule has 6 rings (SSSR count). The Kier molecular flexibility index (Phi) is 2.67. The zero-order chi connectivity index (χ0) is 15.7. The zero-order valence-corrected chi connectivity index (χ0v) is 14.3. The fourth-order valence-electron chi connectivity index (χ4n) is 4.96. The Labute approximate surface area is 146 Å². The first-order valence-electron chi connectivity index (χ1n) is 8.98. The molecule has 0 amide bonds. The van der Waals surface area contributed by atoms with Gasteiger partial charge in [-0.05, 0) is 60.1 Å². The molecule has 1 nitrogen and oxygen atoms in total. The van der Waals surface area contributed by atoms with Gasteiger partial charge in [-0.1, -0.05) is 36.4 Å². The van der Waals surface area contributed by atoms with E-state index in [0.29, 0.717) is 11.2 Å². The molecule has 2 unspecified atom stereocenters. The van der Waals surface area contributed by atoms with Gasteiger partial charge in [-0.15, -0.1) is 11.8 Å². The molecule has 4 aliphatic rings. The highest BCUT2D eigenvalue weighted by Crippen LogP contribution is 2.58. The molecule has 0 fully saturated rings. The molecule has 2 heteroatoms. The van der Waals surface area contributed by atoms with Crippen LogP contribution in [0.15, 0.2) is 53.0 Å². The number of thioether (sulfide) groups is 1. The van der Waals surface area contributed by atoms with Crippen LogP contribution < -0.4 is 0 Å². The maximum absolute atomic E-state index is 3.83. The molecular formula is C22H19NS. The van der Waals surface area contributed by atoms with Crippen LogP contribution in [0, 0.1) is 0 Å². The van der Waals surface area contributed by atoms with E-state index < -0.39 is 0 Å². The van der Waals surface area contributed by atoms with E-state index in [1.54, 1.807) is 16.7 Å². The van der Waals surface area contributed by atoms with Crippen molar-refractivity contribution < 1.29 is 0 Å². The van der Waals surface area contributed by atoms with Crippen molar-refractivity contribution in [2.24, 2.45) is 0 Å². The third-order valence-corrected chi connectivity index (χ3v) is 7.39. The zero-order valence-electron chi connectivity index (χ0n) is 13.5. The van der Waals surface area contributed by atoms with Crippen molar-refractivity contribution in [3.8, 4) is 0 Å². The number of aromatic amines is 1. The molecule has 0 saturated heterocycles. The number of rotatable bonds is 0.